The highest BCUT2D eigenvalue weighted by Crippen LogP contribution is 2.07. The minimum atomic E-state index is -0.266. The summed E-state index contributed by atoms with van der Waals surface area (Å²) >= 11 is 0. The van der Waals surface area contributed by atoms with Crippen molar-refractivity contribution in [1.29, 1.82) is 0 Å². The zero-order valence-corrected chi connectivity index (χ0v) is 9.29. The van der Waals surface area contributed by atoms with Crippen LogP contribution in [0.25, 0.3) is 0 Å². The maximum Gasteiger partial charge on any atom is 0.257 e. The van der Waals surface area contributed by atoms with Crippen LogP contribution < -0.4 is 10.9 Å². The molecule has 88 valence electrons. The quantitative estimate of drug-likeness (QED) is 0.612. The van der Waals surface area contributed by atoms with Crippen LogP contribution in [0.2, 0.25) is 0 Å². The number of rotatable bonds is 2. The van der Waals surface area contributed by atoms with Crippen molar-refractivity contribution in [2.24, 2.45) is 0 Å². The van der Waals surface area contributed by atoms with E-state index >= 15 is 0 Å². The van der Waals surface area contributed by atoms with Gasteiger partial charge in [0.05, 0.1) is 12.1 Å². The van der Waals surface area contributed by atoms with E-state index in [-0.39, 0.29) is 17.0 Å². The zero-order valence-electron chi connectivity index (χ0n) is 9.29. The first-order valence-corrected chi connectivity index (χ1v) is 5.38. The van der Waals surface area contributed by atoms with Crippen LogP contribution >= 0.6 is 0 Å². The predicted octanol–water partition coefficient (Wildman–Crippen LogP) is -0.811. The summed E-state index contributed by atoms with van der Waals surface area (Å²) in [4.78, 5) is 20.2. The second-order valence-corrected chi connectivity index (χ2v) is 3.99. The van der Waals surface area contributed by atoms with Crippen molar-refractivity contribution in [3.05, 3.63) is 21.7 Å². The average Bonchev–Trinajstić information content (AvgIpc) is 2.27. The van der Waals surface area contributed by atoms with E-state index in [2.05, 4.69) is 20.2 Å². The predicted molar refractivity (Wildman–Crippen MR) is 59.4 cm³/mol. The molecular weight excluding hydrogens is 208 g/mol. The standard InChI is InChI=1S/C10H16N4O2/c1-7-9(15)12-8(13-10(7)16)6-14-4-2-11-3-5-14/h11H,2-6H2,1H3,(H2,12,13,15,16). The fourth-order valence-corrected chi connectivity index (χ4v) is 1.72. The number of piperazine rings is 1. The van der Waals surface area contributed by atoms with Gasteiger partial charge in [0, 0.05) is 26.2 Å². The van der Waals surface area contributed by atoms with E-state index in [0.29, 0.717) is 12.4 Å². The van der Waals surface area contributed by atoms with E-state index in [4.69, 9.17) is 0 Å². The molecule has 2 heterocycles. The van der Waals surface area contributed by atoms with Gasteiger partial charge in [-0.25, -0.2) is 0 Å². The molecule has 0 amide bonds. The molecule has 2 rings (SSSR count). The summed E-state index contributed by atoms with van der Waals surface area (Å²) < 4.78 is 0. The Labute approximate surface area is 93.3 Å². The minimum Gasteiger partial charge on any atom is -0.493 e. The third kappa shape index (κ3) is 2.40. The van der Waals surface area contributed by atoms with Gasteiger partial charge in [-0.1, -0.05) is 0 Å². The normalized spacial score (nSPS) is 17.6. The molecule has 0 aliphatic carbocycles. The molecule has 0 radical (unpaired) electrons. The Bertz CT molecular complexity index is 423. The fraction of sp³-hybridized carbons (Fsp3) is 0.600. The van der Waals surface area contributed by atoms with E-state index in [1.807, 2.05) is 0 Å². The SMILES string of the molecule is Cc1c(O)nc(CN2CCNCC2)[nH]c1=O. The van der Waals surface area contributed by atoms with Crippen LogP contribution in [0, 0.1) is 6.92 Å². The molecule has 1 aromatic rings. The molecule has 1 aliphatic heterocycles. The van der Waals surface area contributed by atoms with Crippen molar-refractivity contribution in [2.75, 3.05) is 26.2 Å². The Morgan fingerprint density at radius 2 is 2.12 bits per heavy atom. The van der Waals surface area contributed by atoms with Crippen LogP contribution in [0.4, 0.5) is 0 Å². The molecule has 16 heavy (non-hydrogen) atoms. The van der Waals surface area contributed by atoms with Gasteiger partial charge in [-0.05, 0) is 6.92 Å². The lowest BCUT2D eigenvalue weighted by atomic mass is 10.3. The van der Waals surface area contributed by atoms with Crippen molar-refractivity contribution in [3.8, 4) is 5.88 Å². The Hall–Kier alpha value is -1.40. The number of aromatic amines is 1. The second kappa shape index (κ2) is 4.63. The van der Waals surface area contributed by atoms with Gasteiger partial charge in [0.2, 0.25) is 5.88 Å². The second-order valence-electron chi connectivity index (χ2n) is 3.99. The number of aromatic hydroxyl groups is 1. The molecule has 0 spiro atoms. The molecule has 1 saturated heterocycles. The van der Waals surface area contributed by atoms with Crippen molar-refractivity contribution in [2.45, 2.75) is 13.5 Å². The van der Waals surface area contributed by atoms with Gasteiger partial charge in [0.15, 0.2) is 0 Å². The van der Waals surface area contributed by atoms with Crippen LogP contribution in [0.3, 0.4) is 0 Å². The van der Waals surface area contributed by atoms with Crippen molar-refractivity contribution < 1.29 is 5.11 Å². The molecule has 0 atom stereocenters. The lowest BCUT2D eigenvalue weighted by Gasteiger charge is -2.26. The molecule has 6 heteroatoms. The monoisotopic (exact) mass is 224 g/mol. The highest BCUT2D eigenvalue weighted by molar-refractivity contribution is 5.20. The maximum absolute atomic E-state index is 11.4. The Morgan fingerprint density at radius 1 is 1.44 bits per heavy atom. The number of aromatic nitrogens is 2. The summed E-state index contributed by atoms with van der Waals surface area (Å²) in [6.07, 6.45) is 0. The lowest BCUT2D eigenvalue weighted by Crippen LogP contribution is -2.43. The molecular formula is C10H16N4O2. The minimum absolute atomic E-state index is 0.172. The Morgan fingerprint density at radius 3 is 2.75 bits per heavy atom. The van der Waals surface area contributed by atoms with Crippen LogP contribution in [-0.4, -0.2) is 46.2 Å². The van der Waals surface area contributed by atoms with Crippen LogP contribution in [0.5, 0.6) is 5.88 Å². The van der Waals surface area contributed by atoms with Crippen LogP contribution in [0.15, 0.2) is 4.79 Å². The van der Waals surface area contributed by atoms with Gasteiger partial charge in [-0.3, -0.25) is 9.69 Å². The molecule has 0 bridgehead atoms. The summed E-state index contributed by atoms with van der Waals surface area (Å²) in [5.41, 5.74) is 0.00157. The maximum atomic E-state index is 11.4. The Kier molecular flexibility index (Phi) is 3.21. The third-order valence-corrected chi connectivity index (χ3v) is 2.76. The number of hydrogen-bond donors (Lipinski definition) is 3. The van der Waals surface area contributed by atoms with Gasteiger partial charge >= 0.3 is 0 Å². The highest BCUT2D eigenvalue weighted by Gasteiger charge is 2.12. The summed E-state index contributed by atoms with van der Waals surface area (Å²) in [6, 6.07) is 0. The molecule has 0 aromatic carbocycles. The van der Waals surface area contributed by atoms with Crippen LogP contribution in [0.1, 0.15) is 11.4 Å². The first-order valence-electron chi connectivity index (χ1n) is 5.38. The van der Waals surface area contributed by atoms with E-state index < -0.39 is 0 Å². The smallest absolute Gasteiger partial charge is 0.257 e. The van der Waals surface area contributed by atoms with E-state index in [1.54, 1.807) is 6.92 Å². The van der Waals surface area contributed by atoms with Gasteiger partial charge in [-0.15, -0.1) is 0 Å². The van der Waals surface area contributed by atoms with Gasteiger partial charge in [0.1, 0.15) is 5.82 Å². The van der Waals surface area contributed by atoms with E-state index in [1.165, 1.54) is 0 Å². The molecule has 1 fully saturated rings. The lowest BCUT2D eigenvalue weighted by molar-refractivity contribution is 0.227. The summed E-state index contributed by atoms with van der Waals surface area (Å²) in [6.45, 7) is 5.88. The van der Waals surface area contributed by atoms with Crippen molar-refractivity contribution in [1.82, 2.24) is 20.2 Å². The molecule has 1 aromatic heterocycles. The van der Waals surface area contributed by atoms with Gasteiger partial charge < -0.3 is 15.4 Å². The van der Waals surface area contributed by atoms with Gasteiger partial charge in [-0.2, -0.15) is 4.98 Å². The fourth-order valence-electron chi connectivity index (χ4n) is 1.72. The zero-order chi connectivity index (χ0) is 11.5. The summed E-state index contributed by atoms with van der Waals surface area (Å²) in [7, 11) is 0. The third-order valence-electron chi connectivity index (χ3n) is 2.76. The highest BCUT2D eigenvalue weighted by atomic mass is 16.3. The molecule has 3 N–H and O–H groups in total. The first kappa shape index (κ1) is 11.1. The summed E-state index contributed by atoms with van der Waals surface area (Å²) in [5, 5.41) is 12.7. The number of H-pyrrole nitrogens is 1. The van der Waals surface area contributed by atoms with Crippen molar-refractivity contribution in [3.63, 3.8) is 0 Å². The summed E-state index contributed by atoms with van der Waals surface area (Å²) in [5.74, 6) is 0.351. The van der Waals surface area contributed by atoms with E-state index in [0.717, 1.165) is 26.2 Å². The number of nitrogens with one attached hydrogen (secondary N) is 2. The van der Waals surface area contributed by atoms with Crippen molar-refractivity contribution >= 4 is 0 Å². The number of hydrogen-bond acceptors (Lipinski definition) is 5. The van der Waals surface area contributed by atoms with Crippen LogP contribution in [-0.2, 0) is 6.54 Å². The van der Waals surface area contributed by atoms with E-state index in [9.17, 15) is 9.90 Å². The Balaban J connectivity index is 2.12. The average molecular weight is 224 g/mol. The molecule has 6 nitrogen and oxygen atoms in total. The topological polar surface area (TPSA) is 81.2 Å². The largest absolute Gasteiger partial charge is 0.493 e. The molecule has 0 unspecified atom stereocenters. The first-order chi connectivity index (χ1) is 7.66. The molecule has 0 saturated carbocycles. The number of nitrogens with zero attached hydrogens (tertiary/aromatic N) is 2. The van der Waals surface area contributed by atoms with Gasteiger partial charge in [0.25, 0.3) is 5.56 Å². The molecule has 1 aliphatic rings.